The first-order chi connectivity index (χ1) is 15.2. The molecular weight excluding hydrogens is 502 g/mol. The van der Waals surface area contributed by atoms with Crippen LogP contribution in [0.25, 0.3) is 0 Å². The van der Waals surface area contributed by atoms with Gasteiger partial charge in [0.25, 0.3) is 0 Å². The van der Waals surface area contributed by atoms with Crippen LogP contribution in [0, 0.1) is 5.92 Å². The fourth-order valence-electron chi connectivity index (χ4n) is 2.43. The summed E-state index contributed by atoms with van der Waals surface area (Å²) in [7, 11) is 0. The van der Waals surface area contributed by atoms with Gasteiger partial charge in [0.1, 0.15) is 11.5 Å². The third-order valence-corrected chi connectivity index (χ3v) is 5.29. The summed E-state index contributed by atoms with van der Waals surface area (Å²) in [5, 5.41) is 1.58. The molecule has 0 bridgehead atoms. The summed E-state index contributed by atoms with van der Waals surface area (Å²) in [5.41, 5.74) is 0. The van der Waals surface area contributed by atoms with Gasteiger partial charge in [0.15, 0.2) is 13.2 Å². The van der Waals surface area contributed by atoms with Crippen LogP contribution in [0.5, 0.6) is 11.5 Å². The van der Waals surface area contributed by atoms with Gasteiger partial charge in [-0.3, -0.25) is 0 Å². The quantitative estimate of drug-likeness (QED) is 0.306. The summed E-state index contributed by atoms with van der Waals surface area (Å²) in [5.74, 6) is -0.134. The number of rotatable bonds is 12. The fourth-order valence-corrected chi connectivity index (χ4v) is 3.36. The van der Waals surface area contributed by atoms with E-state index in [1.165, 1.54) is 12.1 Å². The Bertz CT molecular complexity index is 848. The summed E-state index contributed by atoms with van der Waals surface area (Å²) < 4.78 is 20.9. The number of hydrogen-bond acceptors (Lipinski definition) is 6. The van der Waals surface area contributed by atoms with Crippen molar-refractivity contribution in [3.05, 3.63) is 56.5 Å². The number of hydrogen-bond donors (Lipinski definition) is 0. The van der Waals surface area contributed by atoms with E-state index >= 15 is 0 Å². The van der Waals surface area contributed by atoms with Crippen molar-refractivity contribution in [2.75, 3.05) is 26.4 Å². The highest BCUT2D eigenvalue weighted by molar-refractivity contribution is 6.36. The summed E-state index contributed by atoms with van der Waals surface area (Å²) in [6.45, 7) is 1.90. The SMILES string of the molecule is CC(CCOC(=O)COc1ccc(Cl)cc1Cl)CCOC(=O)COc1ccc(Cl)cc1Cl. The maximum Gasteiger partial charge on any atom is 0.344 e. The second kappa shape index (κ2) is 13.6. The first-order valence-electron chi connectivity index (χ1n) is 9.71. The van der Waals surface area contributed by atoms with Crippen molar-refractivity contribution in [3.8, 4) is 11.5 Å². The number of carbonyl (C=O) groups excluding carboxylic acids is 2. The molecule has 0 fully saturated rings. The Morgan fingerprint density at radius 2 is 1.16 bits per heavy atom. The van der Waals surface area contributed by atoms with E-state index in [4.69, 9.17) is 65.4 Å². The van der Waals surface area contributed by atoms with E-state index < -0.39 is 11.9 Å². The zero-order valence-corrected chi connectivity index (χ0v) is 20.3. The van der Waals surface area contributed by atoms with Gasteiger partial charge >= 0.3 is 11.9 Å². The largest absolute Gasteiger partial charge is 0.480 e. The van der Waals surface area contributed by atoms with Crippen molar-refractivity contribution in [1.82, 2.24) is 0 Å². The maximum absolute atomic E-state index is 11.8. The van der Waals surface area contributed by atoms with Crippen molar-refractivity contribution in [1.29, 1.82) is 0 Å². The van der Waals surface area contributed by atoms with Crippen LogP contribution in [0.2, 0.25) is 20.1 Å². The van der Waals surface area contributed by atoms with Gasteiger partial charge in [-0.25, -0.2) is 9.59 Å². The Kier molecular flexibility index (Phi) is 11.2. The molecule has 0 N–H and O–H groups in total. The van der Waals surface area contributed by atoms with Gasteiger partial charge in [-0.15, -0.1) is 0 Å². The van der Waals surface area contributed by atoms with Crippen molar-refractivity contribution in [3.63, 3.8) is 0 Å². The molecule has 174 valence electrons. The molecule has 0 aliphatic heterocycles. The van der Waals surface area contributed by atoms with E-state index in [-0.39, 0.29) is 32.3 Å². The molecule has 2 aromatic rings. The molecule has 0 saturated heterocycles. The smallest absolute Gasteiger partial charge is 0.344 e. The Morgan fingerprint density at radius 3 is 1.53 bits per heavy atom. The predicted octanol–water partition coefficient (Wildman–Crippen LogP) is 6.26. The highest BCUT2D eigenvalue weighted by Gasteiger charge is 2.11. The number of carbonyl (C=O) groups is 2. The molecule has 6 nitrogen and oxygen atoms in total. The minimum absolute atomic E-state index is 0.175. The van der Waals surface area contributed by atoms with Crippen LogP contribution >= 0.6 is 46.4 Å². The predicted molar refractivity (Wildman–Crippen MR) is 124 cm³/mol. The number of esters is 2. The molecule has 0 atom stereocenters. The van der Waals surface area contributed by atoms with E-state index in [1.807, 2.05) is 6.92 Å². The lowest BCUT2D eigenvalue weighted by Crippen LogP contribution is -2.18. The number of benzene rings is 2. The summed E-state index contributed by atoms with van der Waals surface area (Å²) in [6, 6.07) is 9.43. The third kappa shape index (κ3) is 9.74. The molecule has 0 amide bonds. The van der Waals surface area contributed by atoms with Crippen molar-refractivity contribution >= 4 is 58.3 Å². The zero-order chi connectivity index (χ0) is 23.5. The molecule has 0 spiro atoms. The highest BCUT2D eigenvalue weighted by atomic mass is 35.5. The molecule has 0 aromatic heterocycles. The third-order valence-electron chi connectivity index (χ3n) is 4.23. The number of halogens is 4. The van der Waals surface area contributed by atoms with E-state index in [0.717, 1.165) is 0 Å². The Labute approximate surface area is 206 Å². The molecule has 0 radical (unpaired) electrons. The van der Waals surface area contributed by atoms with E-state index in [9.17, 15) is 9.59 Å². The van der Waals surface area contributed by atoms with Gasteiger partial charge in [0.2, 0.25) is 0 Å². The van der Waals surface area contributed by atoms with Crippen molar-refractivity contribution in [2.24, 2.45) is 5.92 Å². The van der Waals surface area contributed by atoms with Gasteiger partial charge in [0, 0.05) is 10.0 Å². The average Bonchev–Trinajstić information content (AvgIpc) is 2.72. The van der Waals surface area contributed by atoms with Crippen LogP contribution in [0.4, 0.5) is 0 Å². The Morgan fingerprint density at radius 1 is 0.750 bits per heavy atom. The van der Waals surface area contributed by atoms with Crippen LogP contribution in [-0.2, 0) is 19.1 Å². The van der Waals surface area contributed by atoms with Crippen molar-refractivity contribution in [2.45, 2.75) is 19.8 Å². The van der Waals surface area contributed by atoms with E-state index in [0.29, 0.717) is 44.4 Å². The van der Waals surface area contributed by atoms with Gasteiger partial charge in [-0.2, -0.15) is 0 Å². The second-order valence-electron chi connectivity index (χ2n) is 6.85. The lowest BCUT2D eigenvalue weighted by molar-refractivity contribution is -0.146. The lowest BCUT2D eigenvalue weighted by Gasteiger charge is -2.13. The molecule has 2 aromatic carbocycles. The van der Waals surface area contributed by atoms with Crippen LogP contribution in [0.1, 0.15) is 19.8 Å². The summed E-state index contributed by atoms with van der Waals surface area (Å²) in [6.07, 6.45) is 1.23. The van der Waals surface area contributed by atoms with Gasteiger partial charge in [-0.05, 0) is 55.2 Å². The van der Waals surface area contributed by atoms with Gasteiger partial charge in [0.05, 0.1) is 23.3 Å². The zero-order valence-electron chi connectivity index (χ0n) is 17.2. The van der Waals surface area contributed by atoms with Gasteiger partial charge in [-0.1, -0.05) is 53.3 Å². The standard InChI is InChI=1S/C22H22Cl4O6/c1-14(6-8-29-21(27)12-31-19-4-2-15(23)10-17(19)25)7-9-30-22(28)13-32-20-5-3-16(24)11-18(20)26/h2-5,10-11,14H,6-9,12-13H2,1H3. The molecule has 0 unspecified atom stereocenters. The monoisotopic (exact) mass is 522 g/mol. The maximum atomic E-state index is 11.8. The van der Waals surface area contributed by atoms with E-state index in [2.05, 4.69) is 0 Å². The molecule has 0 saturated carbocycles. The van der Waals surface area contributed by atoms with Crippen LogP contribution < -0.4 is 9.47 Å². The minimum Gasteiger partial charge on any atom is -0.480 e. The summed E-state index contributed by atoms with van der Waals surface area (Å²) >= 11 is 23.6. The molecule has 2 rings (SSSR count). The van der Waals surface area contributed by atoms with E-state index in [1.54, 1.807) is 24.3 Å². The molecule has 32 heavy (non-hydrogen) atoms. The topological polar surface area (TPSA) is 71.1 Å². The molecule has 10 heteroatoms. The Balaban J connectivity index is 1.55. The molecule has 0 aliphatic rings. The average molecular weight is 524 g/mol. The fraction of sp³-hybridized carbons (Fsp3) is 0.364. The first-order valence-corrected chi connectivity index (χ1v) is 11.2. The second-order valence-corrected chi connectivity index (χ2v) is 8.54. The highest BCUT2D eigenvalue weighted by Crippen LogP contribution is 2.28. The molecular formula is C22H22Cl4O6. The minimum atomic E-state index is -0.507. The summed E-state index contributed by atoms with van der Waals surface area (Å²) in [4.78, 5) is 23.6. The molecule has 0 aliphatic carbocycles. The molecule has 0 heterocycles. The van der Waals surface area contributed by atoms with Crippen LogP contribution in [0.15, 0.2) is 36.4 Å². The normalized spacial score (nSPS) is 10.7. The number of ether oxygens (including phenoxy) is 4. The lowest BCUT2D eigenvalue weighted by atomic mass is 10.1. The van der Waals surface area contributed by atoms with Crippen LogP contribution in [-0.4, -0.2) is 38.4 Å². The van der Waals surface area contributed by atoms with Crippen LogP contribution in [0.3, 0.4) is 0 Å². The van der Waals surface area contributed by atoms with Gasteiger partial charge < -0.3 is 18.9 Å². The van der Waals surface area contributed by atoms with Crippen molar-refractivity contribution < 1.29 is 28.5 Å². The first kappa shape index (κ1) is 26.4. The Hall–Kier alpha value is -1.86.